The summed E-state index contributed by atoms with van der Waals surface area (Å²) in [6, 6.07) is 68.0. The highest BCUT2D eigenvalue weighted by molar-refractivity contribution is 6.32. The molecule has 330 valence electrons. The van der Waals surface area contributed by atoms with E-state index in [9.17, 15) is 0 Å². The Balaban J connectivity index is 1.20. The number of aryl methyl sites for hydroxylation is 2. The lowest BCUT2D eigenvalue weighted by Gasteiger charge is -2.28. The van der Waals surface area contributed by atoms with E-state index in [-0.39, 0.29) is 10.8 Å². The van der Waals surface area contributed by atoms with Crippen molar-refractivity contribution in [1.29, 1.82) is 0 Å². The van der Waals surface area contributed by atoms with Crippen LogP contribution < -0.4 is 9.80 Å². The summed E-state index contributed by atoms with van der Waals surface area (Å²) >= 11 is 0. The van der Waals surface area contributed by atoms with Gasteiger partial charge in [-0.3, -0.25) is 0 Å². The van der Waals surface area contributed by atoms with Crippen LogP contribution in [0, 0.1) is 13.8 Å². The fraction of sp³-hybridized carbons (Fsp3) is 0.156. The van der Waals surface area contributed by atoms with Crippen LogP contribution in [0.4, 0.5) is 34.1 Å². The van der Waals surface area contributed by atoms with Crippen LogP contribution in [0.3, 0.4) is 0 Å². The Bertz CT molecular complexity index is 3850. The van der Waals surface area contributed by atoms with E-state index in [0.717, 1.165) is 11.4 Å². The van der Waals surface area contributed by atoms with Crippen molar-refractivity contribution in [1.82, 2.24) is 8.80 Å². The van der Waals surface area contributed by atoms with Crippen LogP contribution in [0.2, 0.25) is 0 Å². The lowest BCUT2D eigenvalue weighted by Crippen LogP contribution is -2.12. The number of hydrogen-bond donors (Lipinski definition) is 0. The molecule has 13 aromatic rings. The van der Waals surface area contributed by atoms with Crippen molar-refractivity contribution in [3.8, 4) is 0 Å². The molecular weight excluding hydrogens is 825 g/mol. The number of nitrogens with zero attached hydrogens (tertiary/aromatic N) is 4. The molecule has 0 aliphatic carbocycles. The number of hydrogen-bond acceptors (Lipinski definition) is 2. The molecule has 0 aliphatic rings. The maximum atomic E-state index is 2.63. The van der Waals surface area contributed by atoms with Gasteiger partial charge in [-0.2, -0.15) is 0 Å². The summed E-state index contributed by atoms with van der Waals surface area (Å²) < 4.78 is 5.27. The molecule has 9 aromatic carbocycles. The summed E-state index contributed by atoms with van der Waals surface area (Å²) in [5.74, 6) is 0. The van der Waals surface area contributed by atoms with Crippen LogP contribution in [-0.4, -0.2) is 8.80 Å². The van der Waals surface area contributed by atoms with E-state index in [0.29, 0.717) is 0 Å². The first-order chi connectivity index (χ1) is 32.9. The van der Waals surface area contributed by atoms with E-state index >= 15 is 0 Å². The standard InChI is InChI=1S/C64H54N4/c1-39-21-15-17-31-51(39)65(41-23-11-9-12-24-41)53-35-33-43-47-37-56-48(38-55(47)67-59-45(57(53)61(43)67)27-19-29-49(59)63(3,4)5)44-34-36-54(66(42-25-13-10-14-26-42)52-32-18-16-22-40(52)2)58-46-28-20-30-50(64(6,7)8)60(46)68(56)62(44)58/h9-38H,1-8H3. The lowest BCUT2D eigenvalue weighted by molar-refractivity contribution is 0.594. The molecule has 0 unspecified atom stereocenters. The molecule has 4 heterocycles. The first-order valence-electron chi connectivity index (χ1n) is 24.1. The zero-order valence-electron chi connectivity index (χ0n) is 40.1. The van der Waals surface area contributed by atoms with Gasteiger partial charge < -0.3 is 18.6 Å². The molecule has 0 saturated carbocycles. The topological polar surface area (TPSA) is 15.3 Å². The Labute approximate surface area is 397 Å². The number of rotatable bonds is 6. The molecule has 0 atom stereocenters. The van der Waals surface area contributed by atoms with Gasteiger partial charge in [-0.1, -0.05) is 163 Å². The Morgan fingerprint density at radius 1 is 0.324 bits per heavy atom. The normalized spacial score (nSPS) is 12.7. The van der Waals surface area contributed by atoms with Gasteiger partial charge >= 0.3 is 0 Å². The number of benzene rings is 9. The molecule has 4 heteroatoms. The fourth-order valence-corrected chi connectivity index (χ4v) is 11.8. The van der Waals surface area contributed by atoms with Crippen molar-refractivity contribution in [3.63, 3.8) is 0 Å². The maximum absolute atomic E-state index is 2.63. The van der Waals surface area contributed by atoms with Gasteiger partial charge in [0.25, 0.3) is 0 Å². The maximum Gasteiger partial charge on any atom is 0.0641 e. The highest BCUT2D eigenvalue weighted by Crippen LogP contribution is 2.53. The quantitative estimate of drug-likeness (QED) is 0.165. The molecule has 0 amide bonds. The van der Waals surface area contributed by atoms with Crippen LogP contribution in [0.5, 0.6) is 0 Å². The molecule has 0 aliphatic heterocycles. The van der Waals surface area contributed by atoms with Crippen LogP contribution in [0.25, 0.3) is 76.2 Å². The van der Waals surface area contributed by atoms with Crippen molar-refractivity contribution in [2.24, 2.45) is 0 Å². The molecule has 0 saturated heterocycles. The molecule has 13 rings (SSSR count). The minimum Gasteiger partial charge on any atom is -0.310 e. The van der Waals surface area contributed by atoms with E-state index in [4.69, 9.17) is 0 Å². The van der Waals surface area contributed by atoms with E-state index in [1.165, 1.54) is 121 Å². The molecule has 68 heavy (non-hydrogen) atoms. The zero-order valence-corrected chi connectivity index (χ0v) is 40.1. The molecule has 0 N–H and O–H groups in total. The number of fused-ring (bicyclic) bond motifs is 12. The monoisotopic (exact) mass is 878 g/mol. The van der Waals surface area contributed by atoms with Crippen molar-refractivity contribution < 1.29 is 0 Å². The molecule has 0 fully saturated rings. The Morgan fingerprint density at radius 2 is 0.706 bits per heavy atom. The summed E-state index contributed by atoms with van der Waals surface area (Å²) in [6.07, 6.45) is 0. The van der Waals surface area contributed by atoms with E-state index in [2.05, 4.69) is 256 Å². The fourth-order valence-electron chi connectivity index (χ4n) is 11.8. The predicted octanol–water partition coefficient (Wildman–Crippen LogP) is 18.1. The minimum atomic E-state index is -0.104. The molecular formula is C64H54N4. The van der Waals surface area contributed by atoms with E-state index in [1.54, 1.807) is 0 Å². The van der Waals surface area contributed by atoms with Gasteiger partial charge in [-0.25, -0.2) is 0 Å². The minimum absolute atomic E-state index is 0.104. The third kappa shape index (κ3) is 5.61. The highest BCUT2D eigenvalue weighted by Gasteiger charge is 2.31. The van der Waals surface area contributed by atoms with Crippen LogP contribution in [0.1, 0.15) is 63.8 Å². The Morgan fingerprint density at radius 3 is 1.09 bits per heavy atom. The van der Waals surface area contributed by atoms with Crippen molar-refractivity contribution in [2.45, 2.75) is 66.2 Å². The molecule has 4 aromatic heterocycles. The van der Waals surface area contributed by atoms with Crippen molar-refractivity contribution >= 4 is 110 Å². The third-order valence-corrected chi connectivity index (χ3v) is 14.8. The second-order valence-electron chi connectivity index (χ2n) is 21.1. The van der Waals surface area contributed by atoms with Gasteiger partial charge in [0.05, 0.1) is 44.5 Å². The average molecular weight is 879 g/mol. The molecule has 4 nitrogen and oxygen atoms in total. The second kappa shape index (κ2) is 14.3. The van der Waals surface area contributed by atoms with Gasteiger partial charge in [0.1, 0.15) is 0 Å². The van der Waals surface area contributed by atoms with E-state index in [1.807, 2.05) is 0 Å². The van der Waals surface area contributed by atoms with Crippen LogP contribution in [0.15, 0.2) is 182 Å². The van der Waals surface area contributed by atoms with Gasteiger partial charge in [0.15, 0.2) is 0 Å². The first-order valence-corrected chi connectivity index (χ1v) is 24.1. The summed E-state index contributed by atoms with van der Waals surface area (Å²) in [4.78, 5) is 4.95. The highest BCUT2D eigenvalue weighted by atomic mass is 15.2. The van der Waals surface area contributed by atoms with Crippen molar-refractivity contribution in [3.05, 3.63) is 204 Å². The largest absolute Gasteiger partial charge is 0.310 e. The third-order valence-electron chi connectivity index (χ3n) is 14.8. The first kappa shape index (κ1) is 40.5. The van der Waals surface area contributed by atoms with E-state index < -0.39 is 0 Å². The van der Waals surface area contributed by atoms with Crippen LogP contribution in [-0.2, 0) is 10.8 Å². The SMILES string of the molecule is Cc1ccccc1N(c1ccccc1)c1ccc2c3cc4c(cc3n3c5c(C(C)(C)C)cccc5c1c23)c1ccc(N(c2ccccc2)c2ccccc2C)c2c3cccc(C(C)(C)C)c3n4c12. The number of aromatic nitrogens is 2. The summed E-state index contributed by atoms with van der Waals surface area (Å²) in [5, 5.41) is 10.2. The smallest absolute Gasteiger partial charge is 0.0641 e. The Hall–Kier alpha value is -7.82. The summed E-state index contributed by atoms with van der Waals surface area (Å²) in [7, 11) is 0. The summed E-state index contributed by atoms with van der Waals surface area (Å²) in [6.45, 7) is 18.6. The van der Waals surface area contributed by atoms with Gasteiger partial charge in [0, 0.05) is 65.8 Å². The Kier molecular flexibility index (Phi) is 8.53. The second-order valence-corrected chi connectivity index (χ2v) is 21.1. The number of para-hydroxylation sites is 6. The van der Waals surface area contributed by atoms with Gasteiger partial charge in [0.2, 0.25) is 0 Å². The van der Waals surface area contributed by atoms with Gasteiger partial charge in [-0.15, -0.1) is 0 Å². The molecule has 0 bridgehead atoms. The summed E-state index contributed by atoms with van der Waals surface area (Å²) in [5.41, 5.74) is 19.5. The van der Waals surface area contributed by atoms with Crippen molar-refractivity contribution in [2.75, 3.05) is 9.80 Å². The molecule has 0 spiro atoms. The molecule has 0 radical (unpaired) electrons. The number of anilines is 6. The van der Waals surface area contributed by atoms with Crippen LogP contribution >= 0.6 is 0 Å². The average Bonchev–Trinajstić information content (AvgIpc) is 4.06. The van der Waals surface area contributed by atoms with Gasteiger partial charge in [-0.05, 0) is 108 Å². The predicted molar refractivity (Wildman–Crippen MR) is 292 cm³/mol. The lowest BCUT2D eigenvalue weighted by atomic mass is 9.85. The zero-order chi connectivity index (χ0) is 46.4.